The highest BCUT2D eigenvalue weighted by atomic mass is 79.9. The number of nitrogens with one attached hydrogen (secondary N) is 1. The molecule has 0 saturated carbocycles. The lowest BCUT2D eigenvalue weighted by Gasteiger charge is -2.10. The molecule has 0 radical (unpaired) electrons. The van der Waals surface area contributed by atoms with Crippen molar-refractivity contribution in [2.45, 2.75) is 27.1 Å². The molecular weight excluding hydrogens is 589 g/mol. The summed E-state index contributed by atoms with van der Waals surface area (Å²) in [7, 11) is 0. The van der Waals surface area contributed by atoms with Gasteiger partial charge < -0.3 is 18.5 Å². The van der Waals surface area contributed by atoms with Gasteiger partial charge in [0.05, 0.1) is 10.7 Å². The van der Waals surface area contributed by atoms with E-state index in [9.17, 15) is 9.18 Å². The Labute approximate surface area is 245 Å². The van der Waals surface area contributed by atoms with Crippen LogP contribution in [-0.2, 0) is 13.2 Å². The fraction of sp³-hybridized carbons (Fsp3) is 0.125. The molecule has 208 valence electrons. The van der Waals surface area contributed by atoms with Crippen LogP contribution in [-0.4, -0.2) is 16.7 Å². The Morgan fingerprint density at radius 3 is 2.37 bits per heavy atom. The summed E-state index contributed by atoms with van der Waals surface area (Å²) in [5.74, 6) is 1.20. The first-order chi connectivity index (χ1) is 19.9. The van der Waals surface area contributed by atoms with Gasteiger partial charge in [0, 0.05) is 17.1 Å². The number of aromatic nitrogens is 1. The molecule has 0 aliphatic carbocycles. The molecule has 5 rings (SSSR count). The van der Waals surface area contributed by atoms with Crippen LogP contribution in [0, 0.1) is 19.7 Å². The number of benzene rings is 3. The largest absolute Gasteiger partial charge is 0.488 e. The summed E-state index contributed by atoms with van der Waals surface area (Å²) in [6, 6.07) is 26.8. The van der Waals surface area contributed by atoms with E-state index in [1.807, 2.05) is 30.3 Å². The first-order valence-electron chi connectivity index (χ1n) is 12.8. The Morgan fingerprint density at radius 2 is 1.66 bits per heavy atom. The van der Waals surface area contributed by atoms with Gasteiger partial charge in [-0.1, -0.05) is 12.1 Å². The van der Waals surface area contributed by atoms with Gasteiger partial charge in [-0.05, 0) is 120 Å². The van der Waals surface area contributed by atoms with Crippen molar-refractivity contribution in [1.82, 2.24) is 9.99 Å². The SMILES string of the molecule is Cc1ccc(C)n1-c1ccc(OCc2ccc(C(=O)N/N=C/c3ccc(OCc4ccc(F)cc4)c(Br)c3)o2)cc1. The van der Waals surface area contributed by atoms with Crippen molar-refractivity contribution < 1.29 is 23.1 Å². The Kier molecular flexibility index (Phi) is 8.64. The van der Waals surface area contributed by atoms with Crippen LogP contribution in [0.5, 0.6) is 11.5 Å². The lowest BCUT2D eigenvalue weighted by Crippen LogP contribution is -2.16. The minimum absolute atomic E-state index is 0.125. The molecule has 1 N–H and O–H groups in total. The smallest absolute Gasteiger partial charge is 0.307 e. The number of amides is 1. The molecular formula is C32H27BrFN3O4. The number of hydrogen-bond donors (Lipinski definition) is 1. The standard InChI is InChI=1S/C32H27BrFN3O4/c1-21-3-4-22(2)37(21)26-10-12-27(13-11-26)39-20-28-14-16-31(41-28)32(38)36-35-18-24-7-15-30(29(33)17-24)40-19-23-5-8-25(34)9-6-23/h3-18H,19-20H2,1-2H3,(H,36,38)/b35-18+. The van der Waals surface area contributed by atoms with Crippen molar-refractivity contribution in [2.75, 3.05) is 0 Å². The highest BCUT2D eigenvalue weighted by Crippen LogP contribution is 2.26. The van der Waals surface area contributed by atoms with Crippen molar-refractivity contribution in [2.24, 2.45) is 5.10 Å². The second-order valence-corrected chi connectivity index (χ2v) is 10.2. The Morgan fingerprint density at radius 1 is 0.927 bits per heavy atom. The van der Waals surface area contributed by atoms with Crippen molar-refractivity contribution in [1.29, 1.82) is 0 Å². The van der Waals surface area contributed by atoms with E-state index >= 15 is 0 Å². The quantitative estimate of drug-likeness (QED) is 0.130. The summed E-state index contributed by atoms with van der Waals surface area (Å²) in [5.41, 5.74) is 7.45. The lowest BCUT2D eigenvalue weighted by atomic mass is 10.2. The molecule has 0 unspecified atom stereocenters. The van der Waals surface area contributed by atoms with Crippen molar-refractivity contribution in [3.8, 4) is 17.2 Å². The average molecular weight is 616 g/mol. The van der Waals surface area contributed by atoms with E-state index in [-0.39, 0.29) is 18.2 Å². The summed E-state index contributed by atoms with van der Waals surface area (Å²) >= 11 is 3.48. The fourth-order valence-corrected chi connectivity index (χ4v) is 4.69. The molecule has 0 atom stereocenters. The highest BCUT2D eigenvalue weighted by molar-refractivity contribution is 9.10. The number of carbonyl (C=O) groups is 1. The molecule has 7 nitrogen and oxygen atoms in total. The molecule has 0 fully saturated rings. The highest BCUT2D eigenvalue weighted by Gasteiger charge is 2.11. The zero-order chi connectivity index (χ0) is 28.8. The number of halogens is 2. The van der Waals surface area contributed by atoms with E-state index in [2.05, 4.69) is 57.0 Å². The van der Waals surface area contributed by atoms with Crippen molar-refractivity contribution in [3.63, 3.8) is 0 Å². The van der Waals surface area contributed by atoms with E-state index in [1.165, 1.54) is 18.3 Å². The monoisotopic (exact) mass is 615 g/mol. The number of rotatable bonds is 10. The molecule has 0 aliphatic rings. The Bertz CT molecular complexity index is 1650. The summed E-state index contributed by atoms with van der Waals surface area (Å²) in [6.07, 6.45) is 1.51. The third-order valence-corrected chi connectivity index (χ3v) is 6.90. The van der Waals surface area contributed by atoms with E-state index in [4.69, 9.17) is 13.9 Å². The van der Waals surface area contributed by atoms with Gasteiger partial charge in [-0.25, -0.2) is 9.82 Å². The first kappa shape index (κ1) is 27.9. The van der Waals surface area contributed by atoms with Gasteiger partial charge >= 0.3 is 5.91 Å². The van der Waals surface area contributed by atoms with Gasteiger partial charge in [0.25, 0.3) is 0 Å². The Hall–Kier alpha value is -4.63. The third-order valence-electron chi connectivity index (χ3n) is 6.28. The second-order valence-electron chi connectivity index (χ2n) is 9.30. The molecule has 41 heavy (non-hydrogen) atoms. The van der Waals surface area contributed by atoms with Crippen LogP contribution >= 0.6 is 15.9 Å². The zero-order valence-electron chi connectivity index (χ0n) is 22.4. The fourth-order valence-electron chi connectivity index (χ4n) is 4.18. The average Bonchev–Trinajstić information content (AvgIpc) is 3.58. The summed E-state index contributed by atoms with van der Waals surface area (Å²) in [4.78, 5) is 12.5. The molecule has 0 saturated heterocycles. The van der Waals surface area contributed by atoms with E-state index < -0.39 is 5.91 Å². The molecule has 2 aromatic heterocycles. The number of hydrogen-bond acceptors (Lipinski definition) is 5. The van der Waals surface area contributed by atoms with Crippen molar-refractivity contribution in [3.05, 3.63) is 135 Å². The number of ether oxygens (including phenoxy) is 2. The third kappa shape index (κ3) is 7.12. The van der Waals surface area contributed by atoms with Crippen LogP contribution in [0.1, 0.15) is 38.8 Å². The van der Waals surface area contributed by atoms with Crippen LogP contribution in [0.25, 0.3) is 5.69 Å². The number of nitrogens with zero attached hydrogens (tertiary/aromatic N) is 2. The number of carbonyl (C=O) groups excluding carboxylic acids is 1. The maximum atomic E-state index is 13.1. The first-order valence-corrected chi connectivity index (χ1v) is 13.6. The van der Waals surface area contributed by atoms with Gasteiger partial charge in [-0.15, -0.1) is 0 Å². The minimum Gasteiger partial charge on any atom is -0.488 e. The minimum atomic E-state index is -0.479. The van der Waals surface area contributed by atoms with E-state index in [1.54, 1.807) is 36.4 Å². The zero-order valence-corrected chi connectivity index (χ0v) is 24.0. The lowest BCUT2D eigenvalue weighted by molar-refractivity contribution is 0.0923. The molecule has 0 aliphatic heterocycles. The summed E-state index contributed by atoms with van der Waals surface area (Å²) in [5, 5.41) is 4.02. The van der Waals surface area contributed by atoms with Crippen LogP contribution in [0.15, 0.2) is 105 Å². The van der Waals surface area contributed by atoms with Crippen LogP contribution in [0.2, 0.25) is 0 Å². The predicted octanol–water partition coefficient (Wildman–Crippen LogP) is 7.51. The molecule has 5 aromatic rings. The molecule has 0 bridgehead atoms. The summed E-state index contributed by atoms with van der Waals surface area (Å²) < 4.78 is 33.2. The molecule has 0 spiro atoms. The molecule has 1 amide bonds. The molecule has 9 heteroatoms. The van der Waals surface area contributed by atoms with Crippen LogP contribution in [0.3, 0.4) is 0 Å². The maximum Gasteiger partial charge on any atom is 0.307 e. The van der Waals surface area contributed by atoms with Crippen LogP contribution < -0.4 is 14.9 Å². The molecule has 2 heterocycles. The number of furan rings is 1. The predicted molar refractivity (Wildman–Crippen MR) is 158 cm³/mol. The number of hydrazone groups is 1. The number of aryl methyl sites for hydroxylation is 2. The van der Waals surface area contributed by atoms with Gasteiger partial charge in [0.2, 0.25) is 0 Å². The van der Waals surface area contributed by atoms with Gasteiger partial charge in [0.15, 0.2) is 5.76 Å². The second kappa shape index (κ2) is 12.7. The van der Waals surface area contributed by atoms with Crippen molar-refractivity contribution >= 4 is 28.1 Å². The van der Waals surface area contributed by atoms with Gasteiger partial charge in [0.1, 0.15) is 36.3 Å². The van der Waals surface area contributed by atoms with Gasteiger partial charge in [-0.3, -0.25) is 4.79 Å². The van der Waals surface area contributed by atoms with Gasteiger partial charge in [-0.2, -0.15) is 5.10 Å². The Balaban J connectivity index is 1.10. The van der Waals surface area contributed by atoms with E-state index in [0.717, 1.165) is 32.7 Å². The molecule has 3 aromatic carbocycles. The van der Waals surface area contributed by atoms with E-state index in [0.29, 0.717) is 23.9 Å². The topological polar surface area (TPSA) is 78.0 Å². The van der Waals surface area contributed by atoms with Crippen LogP contribution in [0.4, 0.5) is 4.39 Å². The maximum absolute atomic E-state index is 13.1. The normalized spacial score (nSPS) is 11.1. The summed E-state index contributed by atoms with van der Waals surface area (Å²) in [6.45, 7) is 4.62.